The number of sulfone groups is 1. The Hall–Kier alpha value is -1.40. The van der Waals surface area contributed by atoms with Crippen molar-refractivity contribution in [2.75, 3.05) is 19.3 Å². The molecule has 1 unspecified atom stereocenters. The van der Waals surface area contributed by atoms with Gasteiger partial charge in [-0.15, -0.1) is 0 Å². The maximum atomic E-state index is 12.3. The molecule has 0 heterocycles. The number of hydrogen-bond acceptors (Lipinski definition) is 4. The minimum atomic E-state index is -3.48. The van der Waals surface area contributed by atoms with Crippen molar-refractivity contribution in [2.24, 2.45) is 5.92 Å². The van der Waals surface area contributed by atoms with Gasteiger partial charge in [-0.3, -0.25) is 0 Å². The Morgan fingerprint density at radius 2 is 1.90 bits per heavy atom. The van der Waals surface area contributed by atoms with Gasteiger partial charge in [0.2, 0.25) is 0 Å². The van der Waals surface area contributed by atoms with Crippen molar-refractivity contribution in [1.29, 1.82) is 0 Å². The number of hydrogen-bond donors (Lipinski definition) is 1. The average molecular weight is 313 g/mol. The highest BCUT2D eigenvalue weighted by Gasteiger charge is 2.19. The Bertz CT molecular complexity index is 595. The van der Waals surface area contributed by atoms with Crippen molar-refractivity contribution in [3.63, 3.8) is 0 Å². The molecule has 0 bridgehead atoms. The van der Waals surface area contributed by atoms with Gasteiger partial charge >= 0.3 is 5.97 Å². The normalized spacial score (nSPS) is 13.6. The van der Waals surface area contributed by atoms with Crippen LogP contribution in [-0.2, 0) is 9.84 Å². The van der Waals surface area contributed by atoms with Crippen molar-refractivity contribution in [3.8, 4) is 0 Å². The minimum Gasteiger partial charge on any atom is -0.478 e. The van der Waals surface area contributed by atoms with E-state index in [9.17, 15) is 13.2 Å². The number of aromatic carboxylic acids is 1. The standard InChI is InChI=1S/C15H23NO4S/c1-11(2)12(3)16(4)8-9-21(19,20)14-7-5-6-13(10-14)15(17)18/h5-7,10-12H,8-9H2,1-4H3,(H,17,18). The maximum Gasteiger partial charge on any atom is 0.335 e. The van der Waals surface area contributed by atoms with Gasteiger partial charge in [0.25, 0.3) is 0 Å². The van der Waals surface area contributed by atoms with Crippen molar-refractivity contribution >= 4 is 15.8 Å². The third-order valence-electron chi connectivity index (χ3n) is 3.81. The van der Waals surface area contributed by atoms with Crippen molar-refractivity contribution in [3.05, 3.63) is 29.8 Å². The molecular weight excluding hydrogens is 290 g/mol. The molecule has 0 aromatic heterocycles. The zero-order valence-electron chi connectivity index (χ0n) is 12.9. The number of carbonyl (C=O) groups is 1. The quantitative estimate of drug-likeness (QED) is 0.834. The number of benzene rings is 1. The van der Waals surface area contributed by atoms with Gasteiger partial charge in [-0.05, 0) is 38.1 Å². The third kappa shape index (κ3) is 4.82. The predicted octanol–water partition coefficient (Wildman–Crippen LogP) is 2.13. The lowest BCUT2D eigenvalue weighted by Crippen LogP contribution is -2.36. The summed E-state index contributed by atoms with van der Waals surface area (Å²) >= 11 is 0. The minimum absolute atomic E-state index is 0.0139. The molecular formula is C15H23NO4S. The summed E-state index contributed by atoms with van der Waals surface area (Å²) in [6.45, 7) is 6.65. The molecule has 0 saturated carbocycles. The van der Waals surface area contributed by atoms with Crippen molar-refractivity contribution in [2.45, 2.75) is 31.7 Å². The van der Waals surface area contributed by atoms with E-state index < -0.39 is 15.8 Å². The van der Waals surface area contributed by atoms with Crippen molar-refractivity contribution < 1.29 is 18.3 Å². The van der Waals surface area contributed by atoms with E-state index in [1.807, 2.05) is 11.9 Å². The largest absolute Gasteiger partial charge is 0.478 e. The Balaban J connectivity index is 2.83. The Morgan fingerprint density at radius 3 is 2.43 bits per heavy atom. The second-order valence-corrected chi connectivity index (χ2v) is 7.73. The molecule has 6 heteroatoms. The smallest absolute Gasteiger partial charge is 0.335 e. The van der Waals surface area contributed by atoms with Crippen LogP contribution in [0.4, 0.5) is 0 Å². The molecule has 0 amide bonds. The first-order valence-electron chi connectivity index (χ1n) is 6.91. The fraction of sp³-hybridized carbons (Fsp3) is 0.533. The summed E-state index contributed by atoms with van der Waals surface area (Å²) in [5, 5.41) is 8.92. The van der Waals surface area contributed by atoms with Gasteiger partial charge < -0.3 is 10.0 Å². The molecule has 118 valence electrons. The summed E-state index contributed by atoms with van der Waals surface area (Å²) in [5.41, 5.74) is -0.0139. The molecule has 5 nitrogen and oxygen atoms in total. The van der Waals surface area contributed by atoms with E-state index in [1.165, 1.54) is 24.3 Å². The molecule has 0 fully saturated rings. The molecule has 0 aliphatic rings. The van der Waals surface area contributed by atoms with Crippen LogP contribution in [-0.4, -0.2) is 49.8 Å². The van der Waals surface area contributed by atoms with E-state index in [4.69, 9.17) is 5.11 Å². The van der Waals surface area contributed by atoms with Gasteiger partial charge in [0.15, 0.2) is 9.84 Å². The summed E-state index contributed by atoms with van der Waals surface area (Å²) in [7, 11) is -1.58. The first-order chi connectivity index (χ1) is 9.65. The molecule has 1 N–H and O–H groups in total. The highest BCUT2D eigenvalue weighted by Crippen LogP contribution is 2.15. The fourth-order valence-electron chi connectivity index (χ4n) is 1.92. The fourth-order valence-corrected chi connectivity index (χ4v) is 3.27. The predicted molar refractivity (Wildman–Crippen MR) is 82.4 cm³/mol. The van der Waals surface area contributed by atoms with Gasteiger partial charge in [0.1, 0.15) is 0 Å². The van der Waals surface area contributed by atoms with Crippen LogP contribution in [0.1, 0.15) is 31.1 Å². The molecule has 21 heavy (non-hydrogen) atoms. The molecule has 1 aromatic rings. The highest BCUT2D eigenvalue weighted by molar-refractivity contribution is 7.91. The second-order valence-electron chi connectivity index (χ2n) is 5.62. The molecule has 0 radical (unpaired) electrons. The van der Waals surface area contributed by atoms with Crippen LogP contribution >= 0.6 is 0 Å². The first-order valence-corrected chi connectivity index (χ1v) is 8.56. The summed E-state index contributed by atoms with van der Waals surface area (Å²) < 4.78 is 24.6. The summed E-state index contributed by atoms with van der Waals surface area (Å²) in [6, 6.07) is 5.77. The van der Waals surface area contributed by atoms with E-state index >= 15 is 0 Å². The average Bonchev–Trinajstić information content (AvgIpc) is 2.44. The molecule has 0 saturated heterocycles. The zero-order chi connectivity index (χ0) is 16.2. The molecule has 1 rings (SSSR count). The van der Waals surface area contributed by atoms with Crippen LogP contribution < -0.4 is 0 Å². The van der Waals surface area contributed by atoms with Crippen molar-refractivity contribution in [1.82, 2.24) is 4.90 Å². The van der Waals surface area contributed by atoms with Crippen LogP contribution in [0.2, 0.25) is 0 Å². The van der Waals surface area contributed by atoms with E-state index in [-0.39, 0.29) is 22.3 Å². The van der Waals surface area contributed by atoms with E-state index in [1.54, 1.807) is 0 Å². The third-order valence-corrected chi connectivity index (χ3v) is 5.51. The Labute approximate surface area is 126 Å². The van der Waals surface area contributed by atoms with Gasteiger partial charge in [-0.1, -0.05) is 19.9 Å². The summed E-state index contributed by atoms with van der Waals surface area (Å²) in [4.78, 5) is 13.0. The molecule has 1 aromatic carbocycles. The maximum absolute atomic E-state index is 12.3. The topological polar surface area (TPSA) is 74.7 Å². The van der Waals surface area contributed by atoms with Crippen LogP contribution in [0, 0.1) is 5.92 Å². The van der Waals surface area contributed by atoms with Gasteiger partial charge in [-0.25, -0.2) is 13.2 Å². The molecule has 0 aliphatic heterocycles. The Morgan fingerprint density at radius 1 is 1.29 bits per heavy atom. The number of nitrogens with zero attached hydrogens (tertiary/aromatic N) is 1. The Kier molecular flexibility index (Phi) is 5.92. The molecule has 1 atom stereocenters. The zero-order valence-corrected chi connectivity index (χ0v) is 13.7. The van der Waals surface area contributed by atoms with Crippen LogP contribution in [0.3, 0.4) is 0 Å². The number of carboxylic acid groups (broad SMARTS) is 1. The molecule has 0 spiro atoms. The van der Waals surface area contributed by atoms with Gasteiger partial charge in [0, 0.05) is 12.6 Å². The molecule has 0 aliphatic carbocycles. The monoisotopic (exact) mass is 313 g/mol. The SMILES string of the molecule is CC(C)C(C)N(C)CCS(=O)(=O)c1cccc(C(=O)O)c1. The van der Waals surface area contributed by atoms with Gasteiger partial charge in [0.05, 0.1) is 16.2 Å². The lowest BCUT2D eigenvalue weighted by atomic mass is 10.1. The van der Waals surface area contributed by atoms with Crippen LogP contribution in [0.15, 0.2) is 29.2 Å². The van der Waals surface area contributed by atoms with Gasteiger partial charge in [-0.2, -0.15) is 0 Å². The summed E-state index contributed by atoms with van der Waals surface area (Å²) in [5.74, 6) is -0.713. The highest BCUT2D eigenvalue weighted by atomic mass is 32.2. The number of carboxylic acids is 1. The lowest BCUT2D eigenvalue weighted by molar-refractivity contribution is 0.0696. The number of rotatable bonds is 7. The summed E-state index contributed by atoms with van der Waals surface area (Å²) in [6.07, 6.45) is 0. The first kappa shape index (κ1) is 17.7. The van der Waals surface area contributed by atoms with E-state index in [0.717, 1.165) is 0 Å². The van der Waals surface area contributed by atoms with E-state index in [0.29, 0.717) is 12.5 Å². The second kappa shape index (κ2) is 7.04. The van der Waals surface area contributed by atoms with Crippen LogP contribution in [0.25, 0.3) is 0 Å². The van der Waals surface area contributed by atoms with E-state index in [2.05, 4.69) is 20.8 Å². The lowest BCUT2D eigenvalue weighted by Gasteiger charge is -2.27. The van der Waals surface area contributed by atoms with Crippen LogP contribution in [0.5, 0.6) is 0 Å².